The number of sulfonamides is 1. The molecule has 0 heterocycles. The molecule has 1 rings (SSSR count). The smallest absolute Gasteiger partial charge is 0.242 e. The van der Waals surface area contributed by atoms with E-state index < -0.39 is 10.0 Å². The van der Waals surface area contributed by atoms with Gasteiger partial charge in [-0.2, -0.15) is 0 Å². The summed E-state index contributed by atoms with van der Waals surface area (Å²) >= 11 is 0. The van der Waals surface area contributed by atoms with Crippen molar-refractivity contribution in [3.63, 3.8) is 0 Å². The monoisotopic (exact) mass is 243 g/mol. The van der Waals surface area contributed by atoms with Crippen LogP contribution in [0.5, 0.6) is 0 Å². The van der Waals surface area contributed by atoms with E-state index >= 15 is 0 Å². The van der Waals surface area contributed by atoms with Gasteiger partial charge in [-0.3, -0.25) is 0 Å². The molecule has 3 N–H and O–H groups in total. The maximum absolute atomic E-state index is 12.0. The zero-order valence-corrected chi connectivity index (χ0v) is 10.7. The Bertz CT molecular complexity index is 495. The quantitative estimate of drug-likeness (QED) is 0.772. The van der Waals surface area contributed by atoms with Crippen LogP contribution >= 0.6 is 0 Å². The van der Waals surface area contributed by atoms with Crippen LogP contribution in [0.1, 0.15) is 5.56 Å². The van der Waals surface area contributed by atoms with E-state index in [0.29, 0.717) is 16.9 Å². The van der Waals surface area contributed by atoms with E-state index in [2.05, 4.69) is 5.32 Å². The van der Waals surface area contributed by atoms with Crippen molar-refractivity contribution in [2.24, 2.45) is 0 Å². The second-order valence-electron chi connectivity index (χ2n) is 3.74. The van der Waals surface area contributed by atoms with E-state index in [1.807, 2.05) is 0 Å². The highest BCUT2D eigenvalue weighted by Crippen LogP contribution is 2.27. The zero-order valence-electron chi connectivity index (χ0n) is 9.90. The van der Waals surface area contributed by atoms with Gasteiger partial charge in [-0.25, -0.2) is 12.7 Å². The molecule has 1 aromatic carbocycles. The van der Waals surface area contributed by atoms with Gasteiger partial charge >= 0.3 is 0 Å². The van der Waals surface area contributed by atoms with Crippen LogP contribution < -0.4 is 11.1 Å². The Morgan fingerprint density at radius 3 is 2.31 bits per heavy atom. The van der Waals surface area contributed by atoms with Gasteiger partial charge in [0.05, 0.1) is 16.3 Å². The highest BCUT2D eigenvalue weighted by molar-refractivity contribution is 7.89. The fraction of sp³-hybridized carbons (Fsp3) is 0.400. The minimum Gasteiger partial charge on any atom is -0.397 e. The number of benzene rings is 1. The lowest BCUT2D eigenvalue weighted by Crippen LogP contribution is -2.23. The molecule has 0 aliphatic rings. The Kier molecular flexibility index (Phi) is 3.44. The van der Waals surface area contributed by atoms with Crippen molar-refractivity contribution < 1.29 is 8.42 Å². The Morgan fingerprint density at radius 1 is 1.31 bits per heavy atom. The van der Waals surface area contributed by atoms with E-state index in [9.17, 15) is 8.42 Å². The number of hydrogen-bond donors (Lipinski definition) is 2. The molecule has 0 atom stereocenters. The summed E-state index contributed by atoms with van der Waals surface area (Å²) in [6.45, 7) is 1.73. The van der Waals surface area contributed by atoms with Gasteiger partial charge in [0, 0.05) is 21.1 Å². The fourth-order valence-electron chi connectivity index (χ4n) is 1.40. The van der Waals surface area contributed by atoms with Gasteiger partial charge in [-0.05, 0) is 24.6 Å². The molecule has 0 saturated heterocycles. The zero-order chi connectivity index (χ0) is 12.5. The van der Waals surface area contributed by atoms with Gasteiger partial charge in [-0.1, -0.05) is 0 Å². The van der Waals surface area contributed by atoms with Gasteiger partial charge in [0.1, 0.15) is 0 Å². The summed E-state index contributed by atoms with van der Waals surface area (Å²) in [6.07, 6.45) is 0. The lowest BCUT2D eigenvalue weighted by atomic mass is 10.2. The van der Waals surface area contributed by atoms with Crippen LogP contribution in [0.3, 0.4) is 0 Å². The summed E-state index contributed by atoms with van der Waals surface area (Å²) in [4.78, 5) is 0.274. The minimum absolute atomic E-state index is 0.274. The second-order valence-corrected chi connectivity index (χ2v) is 5.86. The Hall–Kier alpha value is -1.27. The molecule has 0 spiro atoms. The number of anilines is 2. The third-order valence-electron chi connectivity index (χ3n) is 2.38. The maximum atomic E-state index is 12.0. The molecule has 6 heteroatoms. The summed E-state index contributed by atoms with van der Waals surface area (Å²) < 4.78 is 25.2. The molecular weight excluding hydrogens is 226 g/mol. The summed E-state index contributed by atoms with van der Waals surface area (Å²) in [5.41, 5.74) is 7.55. The molecule has 0 radical (unpaired) electrons. The largest absolute Gasteiger partial charge is 0.397 e. The molecule has 0 aliphatic carbocycles. The number of nitrogens with two attached hydrogens (primary N) is 1. The third-order valence-corrected chi connectivity index (χ3v) is 4.33. The Labute approximate surface area is 96.3 Å². The Morgan fingerprint density at radius 2 is 1.88 bits per heavy atom. The molecule has 16 heavy (non-hydrogen) atoms. The van der Waals surface area contributed by atoms with Crippen molar-refractivity contribution in [1.29, 1.82) is 0 Å². The first-order chi connectivity index (χ1) is 7.30. The molecular formula is C10H17N3O2S. The first-order valence-corrected chi connectivity index (χ1v) is 6.25. The summed E-state index contributed by atoms with van der Waals surface area (Å²) in [5.74, 6) is 0. The van der Waals surface area contributed by atoms with E-state index in [1.165, 1.54) is 18.4 Å². The van der Waals surface area contributed by atoms with E-state index in [0.717, 1.165) is 0 Å². The predicted molar refractivity (Wildman–Crippen MR) is 66.0 cm³/mol. The van der Waals surface area contributed by atoms with Gasteiger partial charge in [0.15, 0.2) is 0 Å². The van der Waals surface area contributed by atoms with Crippen LogP contribution in [0.25, 0.3) is 0 Å². The van der Waals surface area contributed by atoms with Gasteiger partial charge in [0.25, 0.3) is 0 Å². The molecule has 0 fully saturated rings. The maximum Gasteiger partial charge on any atom is 0.242 e. The lowest BCUT2D eigenvalue weighted by molar-refractivity contribution is 0.520. The van der Waals surface area contributed by atoms with Gasteiger partial charge < -0.3 is 11.1 Å². The molecule has 0 saturated carbocycles. The van der Waals surface area contributed by atoms with Crippen LogP contribution in [0.2, 0.25) is 0 Å². The fourth-order valence-corrected chi connectivity index (χ4v) is 2.53. The van der Waals surface area contributed by atoms with Crippen molar-refractivity contribution in [2.75, 3.05) is 32.2 Å². The lowest BCUT2D eigenvalue weighted by Gasteiger charge is -2.16. The third kappa shape index (κ3) is 2.12. The van der Waals surface area contributed by atoms with Crippen molar-refractivity contribution in [3.05, 3.63) is 17.7 Å². The topological polar surface area (TPSA) is 75.4 Å². The van der Waals surface area contributed by atoms with Gasteiger partial charge in [0.2, 0.25) is 10.0 Å². The van der Waals surface area contributed by atoms with E-state index in [4.69, 9.17) is 5.73 Å². The van der Waals surface area contributed by atoms with E-state index in [1.54, 1.807) is 26.1 Å². The number of hydrogen-bond acceptors (Lipinski definition) is 4. The molecule has 0 aliphatic heterocycles. The van der Waals surface area contributed by atoms with Crippen LogP contribution in [0, 0.1) is 6.92 Å². The first-order valence-electron chi connectivity index (χ1n) is 4.81. The number of aryl methyl sites for hydroxylation is 1. The molecule has 0 bridgehead atoms. The minimum atomic E-state index is -3.42. The highest BCUT2D eigenvalue weighted by atomic mass is 32.2. The average molecular weight is 243 g/mol. The summed E-state index contributed by atoms with van der Waals surface area (Å²) in [7, 11) is 1.29. The van der Waals surface area contributed by atoms with Crippen molar-refractivity contribution in [2.45, 2.75) is 11.8 Å². The molecule has 5 nitrogen and oxygen atoms in total. The highest BCUT2D eigenvalue weighted by Gasteiger charge is 2.20. The van der Waals surface area contributed by atoms with E-state index in [-0.39, 0.29) is 4.90 Å². The van der Waals surface area contributed by atoms with Crippen molar-refractivity contribution in [3.8, 4) is 0 Å². The number of nitrogens with zero attached hydrogens (tertiary/aromatic N) is 1. The summed E-state index contributed by atoms with van der Waals surface area (Å²) in [5, 5.41) is 2.87. The molecule has 1 aromatic rings. The number of nitrogens with one attached hydrogen (secondary N) is 1. The van der Waals surface area contributed by atoms with Crippen molar-refractivity contribution in [1.82, 2.24) is 4.31 Å². The average Bonchev–Trinajstić information content (AvgIpc) is 2.17. The van der Waals surface area contributed by atoms with Crippen LogP contribution in [-0.2, 0) is 10.0 Å². The van der Waals surface area contributed by atoms with Crippen LogP contribution in [0.4, 0.5) is 11.4 Å². The molecule has 90 valence electrons. The second kappa shape index (κ2) is 4.31. The van der Waals surface area contributed by atoms with Crippen molar-refractivity contribution >= 4 is 21.4 Å². The first kappa shape index (κ1) is 12.8. The number of rotatable bonds is 3. The molecule has 0 unspecified atom stereocenters. The van der Waals surface area contributed by atoms with Gasteiger partial charge in [-0.15, -0.1) is 0 Å². The normalized spacial score (nSPS) is 11.8. The molecule has 0 aromatic heterocycles. The molecule has 0 amide bonds. The van der Waals surface area contributed by atoms with Crippen LogP contribution in [-0.4, -0.2) is 33.9 Å². The standard InChI is InChI=1S/C10H17N3O2S/c1-7-5-8(11)9(12-2)6-10(7)16(14,15)13(3)4/h5-6,12H,11H2,1-4H3. The number of nitrogen functional groups attached to an aromatic ring is 1. The summed E-state index contributed by atoms with van der Waals surface area (Å²) in [6, 6.07) is 3.21. The SMILES string of the molecule is CNc1cc(S(=O)(=O)N(C)C)c(C)cc1N. The Balaban J connectivity index is 3.47. The van der Waals surface area contributed by atoms with Crippen LogP contribution in [0.15, 0.2) is 17.0 Å². The predicted octanol–water partition coefficient (Wildman–Crippen LogP) is 0.869.